The van der Waals surface area contributed by atoms with Crippen LogP contribution in [0.2, 0.25) is 0 Å². The summed E-state index contributed by atoms with van der Waals surface area (Å²) in [6, 6.07) is -3.29. The monoisotopic (exact) mass is 1570 g/mol. The van der Waals surface area contributed by atoms with E-state index >= 15 is 0 Å². The van der Waals surface area contributed by atoms with E-state index in [1.807, 2.05) is 0 Å². The lowest BCUT2D eigenvalue weighted by Crippen LogP contribution is -2.66. The van der Waals surface area contributed by atoms with Gasteiger partial charge in [-0.2, -0.15) is 0 Å². The molecular formula is C73H119N7O30. The van der Waals surface area contributed by atoms with Crippen LogP contribution in [0.15, 0.2) is 0 Å². The molecule has 110 heavy (non-hydrogen) atoms. The SMILES string of the molecule is CC(=O)NC1C(OC(C)=O)[C@@H](OC(C)=O)C(COC(C)=O)O[C@H]1OCCCCCCC(=O)NCCCNCCCCN(CCCNC(=O)CCCCCCO[C@@H]1OC(COC(C)=O)[C@H](OC(C)=O)C(OC(C)=O)C1NC(C)=O)C(=O)CCCCCCO[C@@H]1OC(COC(C)=O)[C@H](OC(C)=O)C(OC(C)=O)[C@@H]1NC(C)=O. The van der Waals surface area contributed by atoms with Gasteiger partial charge >= 0.3 is 53.7 Å². The van der Waals surface area contributed by atoms with E-state index in [2.05, 4.69) is 31.9 Å². The third-order valence-corrected chi connectivity index (χ3v) is 17.1. The highest BCUT2D eigenvalue weighted by Crippen LogP contribution is 2.32. The molecule has 15 atom stereocenters. The highest BCUT2D eigenvalue weighted by molar-refractivity contribution is 5.78. The number of unbranched alkanes of at least 4 members (excludes halogenated alkanes) is 10. The Morgan fingerprint density at radius 1 is 0.300 bits per heavy atom. The maximum absolute atomic E-state index is 13.9. The molecule has 0 bridgehead atoms. The van der Waals surface area contributed by atoms with Gasteiger partial charge in [-0.3, -0.25) is 71.9 Å². The van der Waals surface area contributed by atoms with Crippen LogP contribution in [0, 0.1) is 0 Å². The number of amides is 6. The van der Waals surface area contributed by atoms with Gasteiger partial charge in [-0.05, 0) is 77.3 Å². The molecule has 0 saturated carbocycles. The zero-order chi connectivity index (χ0) is 81.7. The summed E-state index contributed by atoms with van der Waals surface area (Å²) in [5, 5.41) is 17.3. The van der Waals surface area contributed by atoms with Crippen molar-refractivity contribution in [3.8, 4) is 0 Å². The van der Waals surface area contributed by atoms with E-state index in [1.165, 1.54) is 41.5 Å². The molecule has 6 N–H and O–H groups in total. The Kier molecular flexibility index (Phi) is 46.8. The van der Waals surface area contributed by atoms with Gasteiger partial charge in [-0.25, -0.2) is 0 Å². The van der Waals surface area contributed by atoms with Crippen molar-refractivity contribution in [2.24, 2.45) is 0 Å². The summed E-state index contributed by atoms with van der Waals surface area (Å²) in [6.45, 7) is 16.4. The zero-order valence-electron chi connectivity index (χ0n) is 65.8. The van der Waals surface area contributed by atoms with Crippen molar-refractivity contribution in [1.82, 2.24) is 36.8 Å². The number of carbonyl (C=O) groups excluding carboxylic acids is 15. The predicted molar refractivity (Wildman–Crippen MR) is 383 cm³/mol. The smallest absolute Gasteiger partial charge is 0.303 e. The van der Waals surface area contributed by atoms with Gasteiger partial charge in [0.25, 0.3) is 0 Å². The van der Waals surface area contributed by atoms with Crippen LogP contribution in [0.1, 0.15) is 205 Å². The summed E-state index contributed by atoms with van der Waals surface area (Å²) in [4.78, 5) is 187. The Morgan fingerprint density at radius 3 is 0.909 bits per heavy atom. The third-order valence-electron chi connectivity index (χ3n) is 17.1. The second-order valence-electron chi connectivity index (χ2n) is 27.0. The van der Waals surface area contributed by atoms with Crippen LogP contribution in [-0.2, 0) is 143 Å². The molecule has 3 rings (SSSR count). The van der Waals surface area contributed by atoms with Gasteiger partial charge in [0.1, 0.15) is 56.3 Å². The average Bonchev–Trinajstić information content (AvgIpc) is 0.800. The number of ether oxygens (including phenoxy) is 15. The van der Waals surface area contributed by atoms with E-state index in [1.54, 1.807) is 4.90 Å². The molecule has 6 amide bonds. The Morgan fingerprint density at radius 2 is 0.591 bits per heavy atom. The predicted octanol–water partition coefficient (Wildman–Crippen LogP) is 2.07. The number of hydrogen-bond donors (Lipinski definition) is 6. The van der Waals surface area contributed by atoms with Crippen molar-refractivity contribution in [1.29, 1.82) is 0 Å². The molecule has 0 radical (unpaired) electrons. The summed E-state index contributed by atoms with van der Waals surface area (Å²) in [7, 11) is 0. The molecule has 0 aliphatic carbocycles. The maximum atomic E-state index is 13.9. The van der Waals surface area contributed by atoms with E-state index in [-0.39, 0.29) is 70.2 Å². The molecule has 0 aromatic rings. The molecule has 37 nitrogen and oxygen atoms in total. The molecule has 3 aliphatic heterocycles. The first-order valence-electron chi connectivity index (χ1n) is 37.8. The van der Waals surface area contributed by atoms with Gasteiger partial charge in [-0.15, -0.1) is 0 Å². The van der Waals surface area contributed by atoms with Crippen molar-refractivity contribution in [2.75, 3.05) is 78.9 Å². The van der Waals surface area contributed by atoms with Crippen molar-refractivity contribution in [2.45, 2.75) is 297 Å². The van der Waals surface area contributed by atoms with Gasteiger partial charge in [0, 0.05) is 148 Å². The van der Waals surface area contributed by atoms with Crippen LogP contribution < -0.4 is 31.9 Å². The molecule has 3 saturated heterocycles. The van der Waals surface area contributed by atoms with E-state index in [0.717, 1.165) is 48.0 Å². The molecule has 3 heterocycles. The normalized spacial score (nSPS) is 23.4. The largest absolute Gasteiger partial charge is 0.463 e. The highest BCUT2D eigenvalue weighted by Gasteiger charge is 2.54. The molecule has 0 aromatic heterocycles. The molecule has 37 heteroatoms. The quantitative estimate of drug-likeness (QED) is 0.0288. The Hall–Kier alpha value is -8.23. The second-order valence-corrected chi connectivity index (χ2v) is 27.0. The van der Waals surface area contributed by atoms with Crippen LogP contribution >= 0.6 is 0 Å². The number of nitrogens with zero attached hydrogens (tertiary/aromatic N) is 1. The minimum atomic E-state index is -1.27. The summed E-state index contributed by atoms with van der Waals surface area (Å²) in [5.41, 5.74) is 0. The van der Waals surface area contributed by atoms with Crippen molar-refractivity contribution < 1.29 is 143 Å². The van der Waals surface area contributed by atoms with Gasteiger partial charge in [0.2, 0.25) is 35.4 Å². The standard InChI is InChI=1S/C73H119N7O30/c1-44(81)77-62-68(105-53(10)90)65(102-50(7)87)56(41-99-47(4)84)108-71(62)96-38-24-16-13-19-29-59(93)75-34-27-33-74-32-22-23-36-80(61(95)31-21-15-18-26-40-98-73-64(79-46(3)83)70(107-55(12)92)67(104-52(9)89)58(110-73)43-101-49(6)86)37-28-35-76-60(94)30-20-14-17-25-39-97-72-63(78-45(2)82)69(106-54(11)91)66(103-51(8)88)57(109-72)42-100-48(5)85/h56-58,62-74H,13-43H2,1-12H3,(H,75,93)(H,76,94)(H,77,81)(H,78,82)(H,79,83)/t56?,57?,58?,62?,63?,64-,65-,66-,67-,68?,69?,70?,71+,72+,73+/m0/s1. The molecule has 0 aromatic carbocycles. The minimum absolute atomic E-state index is 0.0517. The fraction of sp³-hybridized carbons (Fsp3) is 0.795. The fourth-order valence-electron chi connectivity index (χ4n) is 12.4. The Balaban J connectivity index is 1.50. The molecule has 8 unspecified atom stereocenters. The summed E-state index contributed by atoms with van der Waals surface area (Å²) in [5.74, 6) is -8.09. The first kappa shape index (κ1) is 96.0. The minimum Gasteiger partial charge on any atom is -0.463 e. The van der Waals surface area contributed by atoms with Crippen LogP contribution in [0.4, 0.5) is 0 Å². The van der Waals surface area contributed by atoms with Crippen molar-refractivity contribution in [3.05, 3.63) is 0 Å². The van der Waals surface area contributed by atoms with Crippen LogP contribution in [0.3, 0.4) is 0 Å². The number of rotatable bonds is 52. The summed E-state index contributed by atoms with van der Waals surface area (Å²) < 4.78 is 84.8. The van der Waals surface area contributed by atoms with Crippen LogP contribution in [0.5, 0.6) is 0 Å². The number of hydrogen-bond acceptors (Lipinski definition) is 31. The molecule has 0 spiro atoms. The third kappa shape index (κ3) is 40.1. The van der Waals surface area contributed by atoms with E-state index in [0.29, 0.717) is 142 Å². The van der Waals surface area contributed by atoms with E-state index < -0.39 is 163 Å². The number of esters is 9. The topological polar surface area (TPSA) is 470 Å². The summed E-state index contributed by atoms with van der Waals surface area (Å²) in [6.07, 6.45) is -3.73. The van der Waals surface area contributed by atoms with Gasteiger partial charge in [0.15, 0.2) is 55.5 Å². The van der Waals surface area contributed by atoms with Crippen molar-refractivity contribution >= 4 is 89.2 Å². The van der Waals surface area contributed by atoms with Gasteiger partial charge < -0.3 is 108 Å². The van der Waals surface area contributed by atoms with E-state index in [9.17, 15) is 71.9 Å². The Bertz CT molecular complexity index is 2940. The highest BCUT2D eigenvalue weighted by atomic mass is 16.7. The van der Waals surface area contributed by atoms with E-state index in [4.69, 9.17) is 71.1 Å². The number of nitrogens with one attached hydrogen (secondary N) is 6. The second kappa shape index (κ2) is 53.6. The lowest BCUT2D eigenvalue weighted by atomic mass is 9.96. The lowest BCUT2D eigenvalue weighted by molar-refractivity contribution is -0.277. The lowest BCUT2D eigenvalue weighted by Gasteiger charge is -2.44. The van der Waals surface area contributed by atoms with Gasteiger partial charge in [0.05, 0.1) is 0 Å². The maximum Gasteiger partial charge on any atom is 0.303 e. The fourth-order valence-corrected chi connectivity index (χ4v) is 12.4. The average molecular weight is 1570 g/mol. The Labute approximate surface area is 642 Å². The molecule has 626 valence electrons. The first-order valence-corrected chi connectivity index (χ1v) is 37.8. The molecular weight excluding hydrogens is 1450 g/mol. The molecule has 3 fully saturated rings. The van der Waals surface area contributed by atoms with Gasteiger partial charge in [-0.1, -0.05) is 38.5 Å². The zero-order valence-corrected chi connectivity index (χ0v) is 65.8. The number of carbonyl (C=O) groups is 15. The van der Waals surface area contributed by atoms with Crippen LogP contribution in [-0.4, -0.2) is 265 Å². The summed E-state index contributed by atoms with van der Waals surface area (Å²) >= 11 is 0. The van der Waals surface area contributed by atoms with Crippen molar-refractivity contribution in [3.63, 3.8) is 0 Å². The molecule has 3 aliphatic rings. The van der Waals surface area contributed by atoms with Crippen LogP contribution in [0.25, 0.3) is 0 Å². The first-order chi connectivity index (χ1) is 52.3.